The Labute approximate surface area is 200 Å². The highest BCUT2D eigenvalue weighted by Crippen LogP contribution is 2.36. The summed E-state index contributed by atoms with van der Waals surface area (Å²) in [6.45, 7) is 0. The molecule has 2 aromatic heterocycles. The van der Waals surface area contributed by atoms with Crippen LogP contribution < -0.4 is 10.9 Å². The summed E-state index contributed by atoms with van der Waals surface area (Å²) < 4.78 is 28.0. The average molecular weight is 504 g/mol. The molecule has 1 amide bonds. The van der Waals surface area contributed by atoms with Crippen molar-refractivity contribution in [2.24, 2.45) is 0 Å². The van der Waals surface area contributed by atoms with E-state index in [2.05, 4.69) is 5.32 Å². The molecule has 0 unspecified atom stereocenters. The lowest BCUT2D eigenvalue weighted by molar-refractivity contribution is -0.113. The number of rotatable bonds is 5. The van der Waals surface area contributed by atoms with Crippen molar-refractivity contribution in [2.75, 3.05) is 11.1 Å². The summed E-state index contributed by atoms with van der Waals surface area (Å²) >= 11 is 8.64. The van der Waals surface area contributed by atoms with E-state index in [1.807, 2.05) is 0 Å². The van der Waals surface area contributed by atoms with E-state index in [1.165, 1.54) is 26.8 Å². The molecular weight excluding hydrogens is 488 g/mol. The van der Waals surface area contributed by atoms with Crippen LogP contribution in [-0.4, -0.2) is 21.2 Å². The summed E-state index contributed by atoms with van der Waals surface area (Å²) in [6.07, 6.45) is 2.82. The predicted molar refractivity (Wildman–Crippen MR) is 128 cm³/mol. The van der Waals surface area contributed by atoms with Crippen LogP contribution in [0.3, 0.4) is 0 Å². The first-order chi connectivity index (χ1) is 15.9. The second-order valence-corrected chi connectivity index (χ2v) is 9.98. The second kappa shape index (κ2) is 8.89. The molecule has 168 valence electrons. The van der Waals surface area contributed by atoms with E-state index in [-0.39, 0.29) is 17.0 Å². The van der Waals surface area contributed by atoms with Crippen molar-refractivity contribution in [2.45, 2.75) is 24.4 Å². The Morgan fingerprint density at radius 1 is 1.15 bits per heavy atom. The number of aryl methyl sites for hydroxylation is 2. The summed E-state index contributed by atoms with van der Waals surface area (Å²) in [5.41, 5.74) is 1.64. The molecule has 5 nitrogen and oxygen atoms in total. The Balaban J connectivity index is 1.49. The monoisotopic (exact) mass is 503 g/mol. The normalized spacial score (nSPS) is 12.8. The number of benzene rings is 2. The highest BCUT2D eigenvalue weighted by Gasteiger charge is 2.24. The Morgan fingerprint density at radius 2 is 1.94 bits per heavy atom. The molecule has 0 spiro atoms. The SMILES string of the molecule is O=C(CSc1nc2sc3c(c2c(=O)n1-c1ccc(Cl)cc1)CCC3)Nc1ccc(F)c(F)c1. The third-order valence-electron chi connectivity index (χ3n) is 5.33. The minimum absolute atomic E-state index is 0.0738. The van der Waals surface area contributed by atoms with Gasteiger partial charge in [-0.3, -0.25) is 14.2 Å². The molecular formula is C23H16ClF2N3O2S2. The van der Waals surface area contributed by atoms with Gasteiger partial charge in [0, 0.05) is 21.7 Å². The quantitative estimate of drug-likeness (QED) is 0.284. The molecule has 0 saturated carbocycles. The van der Waals surface area contributed by atoms with Crippen molar-refractivity contribution in [3.8, 4) is 5.69 Å². The van der Waals surface area contributed by atoms with Gasteiger partial charge in [0.15, 0.2) is 16.8 Å². The molecule has 0 radical (unpaired) electrons. The van der Waals surface area contributed by atoms with Gasteiger partial charge < -0.3 is 5.32 Å². The first kappa shape index (κ1) is 22.1. The number of aromatic nitrogens is 2. The molecule has 1 aliphatic rings. The zero-order valence-corrected chi connectivity index (χ0v) is 19.4. The molecule has 0 saturated heterocycles. The number of halogens is 3. The van der Waals surface area contributed by atoms with Gasteiger partial charge >= 0.3 is 0 Å². The molecule has 0 bridgehead atoms. The molecule has 2 aromatic carbocycles. The fourth-order valence-corrected chi connectivity index (χ4v) is 6.08. The van der Waals surface area contributed by atoms with Gasteiger partial charge in [0.05, 0.1) is 16.8 Å². The van der Waals surface area contributed by atoms with Gasteiger partial charge in [0.2, 0.25) is 5.91 Å². The van der Waals surface area contributed by atoms with E-state index in [0.717, 1.165) is 48.7 Å². The van der Waals surface area contributed by atoms with Gasteiger partial charge in [0.1, 0.15) is 4.83 Å². The van der Waals surface area contributed by atoms with E-state index >= 15 is 0 Å². The Bertz CT molecular complexity index is 1450. The van der Waals surface area contributed by atoms with Crippen molar-refractivity contribution < 1.29 is 13.6 Å². The van der Waals surface area contributed by atoms with Crippen LogP contribution in [0.4, 0.5) is 14.5 Å². The van der Waals surface area contributed by atoms with Gasteiger partial charge in [-0.05, 0) is 61.2 Å². The minimum Gasteiger partial charge on any atom is -0.325 e. The Hall–Kier alpha value is -2.75. The molecule has 5 rings (SSSR count). The number of nitrogens with one attached hydrogen (secondary N) is 1. The van der Waals surface area contributed by atoms with E-state index in [9.17, 15) is 18.4 Å². The molecule has 33 heavy (non-hydrogen) atoms. The molecule has 0 aliphatic heterocycles. The maximum atomic E-state index is 13.6. The number of amides is 1. The largest absolute Gasteiger partial charge is 0.325 e. The summed E-state index contributed by atoms with van der Waals surface area (Å²) in [4.78, 5) is 32.6. The van der Waals surface area contributed by atoms with Crippen LogP contribution >= 0.6 is 34.7 Å². The van der Waals surface area contributed by atoms with Crippen molar-refractivity contribution in [3.05, 3.63) is 79.9 Å². The molecule has 4 aromatic rings. The number of carbonyl (C=O) groups is 1. The number of carbonyl (C=O) groups excluding carboxylic acids is 1. The van der Waals surface area contributed by atoms with Crippen LogP contribution in [0.25, 0.3) is 15.9 Å². The van der Waals surface area contributed by atoms with Crippen LogP contribution in [0.15, 0.2) is 52.4 Å². The van der Waals surface area contributed by atoms with Gasteiger partial charge in [-0.25, -0.2) is 13.8 Å². The van der Waals surface area contributed by atoms with Crippen LogP contribution in [0.2, 0.25) is 5.02 Å². The summed E-state index contributed by atoms with van der Waals surface area (Å²) in [5.74, 6) is -2.54. The van der Waals surface area contributed by atoms with E-state index in [0.29, 0.717) is 26.1 Å². The van der Waals surface area contributed by atoms with Crippen LogP contribution in [0.1, 0.15) is 16.9 Å². The lowest BCUT2D eigenvalue weighted by Crippen LogP contribution is -2.23. The fourth-order valence-electron chi connectivity index (χ4n) is 3.84. The fraction of sp³-hybridized carbons (Fsp3) is 0.174. The predicted octanol–water partition coefficient (Wildman–Crippen LogP) is 5.60. The van der Waals surface area contributed by atoms with E-state index in [4.69, 9.17) is 16.6 Å². The molecule has 2 heterocycles. The maximum absolute atomic E-state index is 13.6. The number of thiophene rings is 1. The Morgan fingerprint density at radius 3 is 2.70 bits per heavy atom. The van der Waals surface area contributed by atoms with Crippen molar-refractivity contribution in [1.82, 2.24) is 9.55 Å². The lowest BCUT2D eigenvalue weighted by Gasteiger charge is -2.13. The topological polar surface area (TPSA) is 64.0 Å². The Kier molecular flexibility index (Phi) is 5.94. The molecule has 1 aliphatic carbocycles. The van der Waals surface area contributed by atoms with Crippen LogP contribution in [0.5, 0.6) is 0 Å². The zero-order valence-electron chi connectivity index (χ0n) is 17.0. The van der Waals surface area contributed by atoms with Crippen molar-refractivity contribution in [3.63, 3.8) is 0 Å². The number of hydrogen-bond acceptors (Lipinski definition) is 5. The molecule has 0 fully saturated rings. The van der Waals surface area contributed by atoms with Crippen LogP contribution in [0, 0.1) is 11.6 Å². The van der Waals surface area contributed by atoms with Gasteiger partial charge in [-0.2, -0.15) is 0 Å². The highest BCUT2D eigenvalue weighted by atomic mass is 35.5. The van der Waals surface area contributed by atoms with Crippen molar-refractivity contribution >= 4 is 56.5 Å². The van der Waals surface area contributed by atoms with Gasteiger partial charge in [-0.1, -0.05) is 23.4 Å². The zero-order chi connectivity index (χ0) is 23.1. The lowest BCUT2D eigenvalue weighted by atomic mass is 10.2. The van der Waals surface area contributed by atoms with Gasteiger partial charge in [-0.15, -0.1) is 11.3 Å². The van der Waals surface area contributed by atoms with Gasteiger partial charge in [0.25, 0.3) is 5.56 Å². The summed E-state index contributed by atoms with van der Waals surface area (Å²) in [6, 6.07) is 9.99. The summed E-state index contributed by atoms with van der Waals surface area (Å²) in [5, 5.41) is 4.08. The summed E-state index contributed by atoms with van der Waals surface area (Å²) in [7, 11) is 0. The second-order valence-electron chi connectivity index (χ2n) is 7.51. The van der Waals surface area contributed by atoms with Crippen LogP contribution in [-0.2, 0) is 17.6 Å². The number of hydrogen-bond donors (Lipinski definition) is 1. The first-order valence-corrected chi connectivity index (χ1v) is 12.3. The number of nitrogens with zero attached hydrogens (tertiary/aromatic N) is 2. The minimum atomic E-state index is -1.05. The first-order valence-electron chi connectivity index (χ1n) is 10.1. The number of thioether (sulfide) groups is 1. The smallest absolute Gasteiger partial charge is 0.267 e. The number of anilines is 1. The number of fused-ring (bicyclic) bond motifs is 3. The molecule has 0 atom stereocenters. The third kappa shape index (κ3) is 4.28. The standard InChI is InChI=1S/C23H16ClF2N3O2S2/c24-12-4-7-14(8-5-12)29-22(31)20-15-2-1-3-18(15)33-21(20)28-23(29)32-11-19(30)27-13-6-9-16(25)17(26)10-13/h4-10H,1-3,11H2,(H,27,30). The maximum Gasteiger partial charge on any atom is 0.267 e. The molecule has 10 heteroatoms. The van der Waals surface area contributed by atoms with E-state index in [1.54, 1.807) is 24.3 Å². The van der Waals surface area contributed by atoms with E-state index < -0.39 is 17.5 Å². The van der Waals surface area contributed by atoms with Crippen molar-refractivity contribution in [1.29, 1.82) is 0 Å². The third-order valence-corrected chi connectivity index (χ3v) is 7.70. The highest BCUT2D eigenvalue weighted by molar-refractivity contribution is 7.99. The average Bonchev–Trinajstić information content (AvgIpc) is 3.37. The molecule has 1 N–H and O–H groups in total.